The molecule has 0 unspecified atom stereocenters. The Balaban J connectivity index is 1.76. The van der Waals surface area contributed by atoms with E-state index in [1.807, 2.05) is 37.3 Å². The minimum absolute atomic E-state index is 0.369. The van der Waals surface area contributed by atoms with Crippen molar-refractivity contribution in [3.8, 4) is 22.9 Å². The maximum absolute atomic E-state index is 6.21. The fourth-order valence-corrected chi connectivity index (χ4v) is 2.66. The molecule has 3 aromatic rings. The third-order valence-corrected chi connectivity index (χ3v) is 3.99. The number of aromatic nitrogens is 2. The number of aryl methyl sites for hydroxylation is 1. The van der Waals surface area contributed by atoms with Gasteiger partial charge in [-0.2, -0.15) is 4.98 Å². The van der Waals surface area contributed by atoms with Gasteiger partial charge in [0.25, 0.3) is 0 Å². The standard InChI is InChI=1S/C18H18ClN3O3/c1-11-4-7-15(14(19)8-11)20-10-17-21-18(22-25-17)13-6-5-12(23-2)9-16(13)24-3/h4-9,20H,10H2,1-3H3. The van der Waals surface area contributed by atoms with Gasteiger partial charge in [-0.25, -0.2) is 0 Å². The Kier molecular flexibility index (Phi) is 5.09. The summed E-state index contributed by atoms with van der Waals surface area (Å²) in [7, 11) is 3.18. The van der Waals surface area contributed by atoms with Crippen molar-refractivity contribution >= 4 is 17.3 Å². The average Bonchev–Trinajstić information content (AvgIpc) is 3.09. The number of nitrogens with zero attached hydrogens (tertiary/aromatic N) is 2. The summed E-state index contributed by atoms with van der Waals surface area (Å²) in [5.41, 5.74) is 2.64. The molecule has 0 atom stereocenters. The Hall–Kier alpha value is -2.73. The fourth-order valence-electron chi connectivity index (χ4n) is 2.35. The number of benzene rings is 2. The highest BCUT2D eigenvalue weighted by Crippen LogP contribution is 2.31. The molecule has 1 N–H and O–H groups in total. The number of methoxy groups -OCH3 is 2. The smallest absolute Gasteiger partial charge is 0.246 e. The van der Waals surface area contributed by atoms with Crippen molar-refractivity contribution in [2.75, 3.05) is 19.5 Å². The molecule has 0 amide bonds. The zero-order chi connectivity index (χ0) is 17.8. The first kappa shape index (κ1) is 17.1. The Bertz CT molecular complexity index is 880. The summed E-state index contributed by atoms with van der Waals surface area (Å²) in [6.45, 7) is 2.36. The molecular formula is C18H18ClN3O3. The highest BCUT2D eigenvalue weighted by atomic mass is 35.5. The van der Waals surface area contributed by atoms with Gasteiger partial charge in [-0.15, -0.1) is 0 Å². The van der Waals surface area contributed by atoms with E-state index in [1.165, 1.54) is 0 Å². The lowest BCUT2D eigenvalue weighted by atomic mass is 10.2. The second kappa shape index (κ2) is 7.44. The molecule has 0 saturated heterocycles. The predicted octanol–water partition coefficient (Wildman–Crippen LogP) is 4.33. The lowest BCUT2D eigenvalue weighted by Crippen LogP contribution is -2.00. The van der Waals surface area contributed by atoms with E-state index in [4.69, 9.17) is 25.6 Å². The first-order valence-corrected chi connectivity index (χ1v) is 8.03. The number of hydrogen-bond acceptors (Lipinski definition) is 6. The zero-order valence-corrected chi connectivity index (χ0v) is 14.9. The van der Waals surface area contributed by atoms with Crippen molar-refractivity contribution in [1.82, 2.24) is 10.1 Å². The summed E-state index contributed by atoms with van der Waals surface area (Å²) in [5, 5.41) is 7.86. The van der Waals surface area contributed by atoms with Gasteiger partial charge in [0, 0.05) is 6.07 Å². The lowest BCUT2D eigenvalue weighted by Gasteiger charge is -2.07. The van der Waals surface area contributed by atoms with Gasteiger partial charge < -0.3 is 19.3 Å². The van der Waals surface area contributed by atoms with Crippen LogP contribution in [0.15, 0.2) is 40.9 Å². The second-order valence-electron chi connectivity index (χ2n) is 5.41. The number of halogens is 1. The zero-order valence-electron chi connectivity index (χ0n) is 14.2. The maximum Gasteiger partial charge on any atom is 0.246 e. The topological polar surface area (TPSA) is 69.4 Å². The number of nitrogens with one attached hydrogen (secondary N) is 1. The van der Waals surface area contributed by atoms with Crippen LogP contribution in [0.2, 0.25) is 5.02 Å². The number of rotatable bonds is 6. The first-order valence-electron chi connectivity index (χ1n) is 7.65. The molecule has 0 aliphatic heterocycles. The number of ether oxygens (including phenoxy) is 2. The van der Waals surface area contributed by atoms with Crippen LogP contribution in [0.4, 0.5) is 5.69 Å². The fraction of sp³-hybridized carbons (Fsp3) is 0.222. The van der Waals surface area contributed by atoms with Crippen LogP contribution in [0.3, 0.4) is 0 Å². The summed E-state index contributed by atoms with van der Waals surface area (Å²) in [6, 6.07) is 11.2. The third-order valence-electron chi connectivity index (χ3n) is 3.67. The normalized spacial score (nSPS) is 10.6. The van der Waals surface area contributed by atoms with Gasteiger partial charge >= 0.3 is 0 Å². The van der Waals surface area contributed by atoms with E-state index in [2.05, 4.69) is 15.5 Å². The highest BCUT2D eigenvalue weighted by molar-refractivity contribution is 6.33. The Labute approximate surface area is 150 Å². The van der Waals surface area contributed by atoms with E-state index in [0.29, 0.717) is 34.8 Å². The van der Waals surface area contributed by atoms with E-state index in [9.17, 15) is 0 Å². The van der Waals surface area contributed by atoms with Gasteiger partial charge in [0.2, 0.25) is 11.7 Å². The minimum atomic E-state index is 0.369. The Morgan fingerprint density at radius 3 is 2.68 bits per heavy atom. The SMILES string of the molecule is COc1ccc(-c2noc(CNc3ccc(C)cc3Cl)n2)c(OC)c1. The van der Waals surface area contributed by atoms with Crippen LogP contribution in [0.1, 0.15) is 11.5 Å². The van der Waals surface area contributed by atoms with Crippen molar-refractivity contribution < 1.29 is 14.0 Å². The van der Waals surface area contributed by atoms with Gasteiger partial charge in [0.1, 0.15) is 11.5 Å². The monoisotopic (exact) mass is 359 g/mol. The van der Waals surface area contributed by atoms with E-state index >= 15 is 0 Å². The lowest BCUT2D eigenvalue weighted by molar-refractivity contribution is 0.382. The van der Waals surface area contributed by atoms with Gasteiger partial charge in [-0.3, -0.25) is 0 Å². The van der Waals surface area contributed by atoms with Gasteiger partial charge in [-0.05, 0) is 36.8 Å². The van der Waals surface area contributed by atoms with E-state index in [0.717, 1.165) is 16.8 Å². The molecule has 0 bridgehead atoms. The van der Waals surface area contributed by atoms with Crippen LogP contribution in [-0.4, -0.2) is 24.4 Å². The second-order valence-corrected chi connectivity index (χ2v) is 5.82. The molecule has 25 heavy (non-hydrogen) atoms. The number of hydrogen-bond donors (Lipinski definition) is 1. The molecule has 1 aromatic heterocycles. The van der Waals surface area contributed by atoms with Crippen LogP contribution in [0, 0.1) is 6.92 Å². The van der Waals surface area contributed by atoms with E-state index in [1.54, 1.807) is 20.3 Å². The van der Waals surface area contributed by atoms with Crippen molar-refractivity contribution in [1.29, 1.82) is 0 Å². The molecular weight excluding hydrogens is 342 g/mol. The minimum Gasteiger partial charge on any atom is -0.497 e. The van der Waals surface area contributed by atoms with Crippen LogP contribution >= 0.6 is 11.6 Å². The first-order chi connectivity index (χ1) is 12.1. The summed E-state index contributed by atoms with van der Waals surface area (Å²) in [5.74, 6) is 2.21. The van der Waals surface area contributed by atoms with Crippen molar-refractivity contribution in [2.45, 2.75) is 13.5 Å². The largest absolute Gasteiger partial charge is 0.497 e. The molecule has 7 heteroatoms. The molecule has 130 valence electrons. The summed E-state index contributed by atoms with van der Waals surface area (Å²) in [4.78, 5) is 4.40. The average molecular weight is 360 g/mol. The van der Waals surface area contributed by atoms with Gasteiger partial charge in [0.05, 0.1) is 37.0 Å². The summed E-state index contributed by atoms with van der Waals surface area (Å²) < 4.78 is 15.9. The molecule has 1 heterocycles. The predicted molar refractivity (Wildman–Crippen MR) is 96.4 cm³/mol. The van der Waals surface area contributed by atoms with Crippen molar-refractivity contribution in [2.24, 2.45) is 0 Å². The molecule has 0 fully saturated rings. The van der Waals surface area contributed by atoms with Crippen LogP contribution in [-0.2, 0) is 6.54 Å². The summed E-state index contributed by atoms with van der Waals surface area (Å²) in [6.07, 6.45) is 0. The molecule has 0 aliphatic rings. The molecule has 0 saturated carbocycles. The van der Waals surface area contributed by atoms with Crippen LogP contribution in [0.25, 0.3) is 11.4 Å². The molecule has 2 aromatic carbocycles. The Morgan fingerprint density at radius 2 is 1.96 bits per heavy atom. The van der Waals surface area contributed by atoms with Gasteiger partial charge in [0.15, 0.2) is 0 Å². The summed E-state index contributed by atoms with van der Waals surface area (Å²) >= 11 is 6.21. The highest BCUT2D eigenvalue weighted by Gasteiger charge is 2.14. The van der Waals surface area contributed by atoms with Crippen LogP contribution < -0.4 is 14.8 Å². The molecule has 3 rings (SSSR count). The third kappa shape index (κ3) is 3.85. The van der Waals surface area contributed by atoms with E-state index < -0.39 is 0 Å². The number of anilines is 1. The Morgan fingerprint density at radius 1 is 1.12 bits per heavy atom. The van der Waals surface area contributed by atoms with Crippen molar-refractivity contribution in [3.63, 3.8) is 0 Å². The van der Waals surface area contributed by atoms with E-state index in [-0.39, 0.29) is 0 Å². The maximum atomic E-state index is 6.21. The molecule has 0 aliphatic carbocycles. The van der Waals surface area contributed by atoms with Crippen LogP contribution in [0.5, 0.6) is 11.5 Å². The quantitative estimate of drug-likeness (QED) is 0.706. The molecule has 0 radical (unpaired) electrons. The molecule has 6 nitrogen and oxygen atoms in total. The molecule has 0 spiro atoms. The van der Waals surface area contributed by atoms with Gasteiger partial charge in [-0.1, -0.05) is 22.8 Å². The van der Waals surface area contributed by atoms with Crippen molar-refractivity contribution in [3.05, 3.63) is 52.9 Å².